The molecule has 6 rings (SSSR count). The fourth-order valence-electron chi connectivity index (χ4n) is 4.73. The molecule has 0 unspecified atom stereocenters. The number of hydrogen-bond donors (Lipinski definition) is 0. The number of nitrogens with zero attached hydrogens (tertiary/aromatic N) is 5. The minimum atomic E-state index is 0.216. The van der Waals surface area contributed by atoms with Crippen LogP contribution in [0.4, 0.5) is 0 Å². The molecule has 3 aliphatic rings. The SMILES string of the molecule is C[C@H]1CCc2c(sc3nc(C4CC4)n4c(SCC(=O)N5CCCC5)nnc4c23)C1. The topological polar surface area (TPSA) is 63.4 Å². The smallest absolute Gasteiger partial charge is 0.233 e. The molecule has 0 radical (unpaired) electrons. The van der Waals surface area contributed by atoms with Gasteiger partial charge in [-0.05, 0) is 56.4 Å². The van der Waals surface area contributed by atoms with E-state index in [1.165, 1.54) is 46.9 Å². The monoisotopic (exact) mass is 427 g/mol. The number of likely N-dealkylation sites (tertiary alicyclic amines) is 1. The molecule has 6 nitrogen and oxygen atoms in total. The number of fused-ring (bicyclic) bond motifs is 5. The molecule has 8 heteroatoms. The van der Waals surface area contributed by atoms with Gasteiger partial charge >= 0.3 is 0 Å². The molecule has 2 fully saturated rings. The number of carbonyl (C=O) groups is 1. The molecule has 1 atom stereocenters. The molecule has 152 valence electrons. The summed E-state index contributed by atoms with van der Waals surface area (Å²) in [4.78, 5) is 22.3. The fraction of sp³-hybridized carbons (Fsp3) is 0.619. The predicted molar refractivity (Wildman–Crippen MR) is 116 cm³/mol. The van der Waals surface area contributed by atoms with Crippen LogP contribution in [0.1, 0.15) is 61.2 Å². The second kappa shape index (κ2) is 6.94. The van der Waals surface area contributed by atoms with Gasteiger partial charge in [0.1, 0.15) is 10.7 Å². The molecule has 0 spiro atoms. The van der Waals surface area contributed by atoms with Crippen molar-refractivity contribution in [2.75, 3.05) is 18.8 Å². The fourth-order valence-corrected chi connectivity index (χ4v) is 6.96. The van der Waals surface area contributed by atoms with Gasteiger partial charge in [-0.25, -0.2) is 4.98 Å². The summed E-state index contributed by atoms with van der Waals surface area (Å²) in [5, 5.41) is 11.2. The number of hydrogen-bond acceptors (Lipinski definition) is 6. The molecular weight excluding hydrogens is 402 g/mol. The van der Waals surface area contributed by atoms with Crippen LogP contribution in [0.2, 0.25) is 0 Å². The van der Waals surface area contributed by atoms with Crippen molar-refractivity contribution in [2.24, 2.45) is 5.92 Å². The van der Waals surface area contributed by atoms with Gasteiger partial charge in [0.05, 0.1) is 11.1 Å². The highest BCUT2D eigenvalue weighted by Gasteiger charge is 2.32. The molecule has 0 aromatic carbocycles. The zero-order valence-corrected chi connectivity index (χ0v) is 18.3. The molecule has 0 N–H and O–H groups in total. The number of thioether (sulfide) groups is 1. The van der Waals surface area contributed by atoms with E-state index in [1.807, 2.05) is 16.2 Å². The zero-order valence-electron chi connectivity index (χ0n) is 16.7. The van der Waals surface area contributed by atoms with Crippen molar-refractivity contribution in [1.29, 1.82) is 0 Å². The minimum Gasteiger partial charge on any atom is -0.342 e. The van der Waals surface area contributed by atoms with Crippen molar-refractivity contribution in [1.82, 2.24) is 24.5 Å². The van der Waals surface area contributed by atoms with Crippen LogP contribution < -0.4 is 0 Å². The average Bonchev–Trinajstić information content (AvgIpc) is 3.13. The first-order chi connectivity index (χ1) is 14.2. The summed E-state index contributed by atoms with van der Waals surface area (Å²) in [6.07, 6.45) is 8.12. The number of aryl methyl sites for hydroxylation is 1. The molecule has 29 heavy (non-hydrogen) atoms. The Morgan fingerprint density at radius 3 is 2.83 bits per heavy atom. The lowest BCUT2D eigenvalue weighted by molar-refractivity contribution is -0.127. The normalized spacial score (nSPS) is 22.0. The third-order valence-electron chi connectivity index (χ3n) is 6.52. The molecular formula is C21H25N5OS2. The van der Waals surface area contributed by atoms with E-state index in [1.54, 1.807) is 0 Å². The molecule has 1 saturated heterocycles. The van der Waals surface area contributed by atoms with Crippen molar-refractivity contribution in [3.8, 4) is 0 Å². The summed E-state index contributed by atoms with van der Waals surface area (Å²) in [5.74, 6) is 3.00. The molecule has 3 aromatic heterocycles. The van der Waals surface area contributed by atoms with Crippen LogP contribution in [0.5, 0.6) is 0 Å². The summed E-state index contributed by atoms with van der Waals surface area (Å²) < 4.78 is 2.17. The quantitative estimate of drug-likeness (QED) is 0.588. The predicted octanol–water partition coefficient (Wildman–Crippen LogP) is 4.06. The van der Waals surface area contributed by atoms with Crippen molar-refractivity contribution in [2.45, 2.75) is 62.9 Å². The van der Waals surface area contributed by atoms with E-state index in [0.29, 0.717) is 11.7 Å². The van der Waals surface area contributed by atoms with Crippen molar-refractivity contribution in [3.63, 3.8) is 0 Å². The largest absolute Gasteiger partial charge is 0.342 e. The maximum Gasteiger partial charge on any atom is 0.233 e. The molecule has 0 bridgehead atoms. The van der Waals surface area contributed by atoms with Gasteiger partial charge in [-0.3, -0.25) is 9.20 Å². The maximum atomic E-state index is 12.5. The summed E-state index contributed by atoms with van der Waals surface area (Å²) in [7, 11) is 0. The lowest BCUT2D eigenvalue weighted by Crippen LogP contribution is -2.29. The van der Waals surface area contributed by atoms with Crippen LogP contribution in [-0.2, 0) is 17.6 Å². The van der Waals surface area contributed by atoms with Crippen molar-refractivity contribution >= 4 is 44.9 Å². The first-order valence-corrected chi connectivity index (χ1v) is 12.6. The highest BCUT2D eigenvalue weighted by Crippen LogP contribution is 2.44. The van der Waals surface area contributed by atoms with Gasteiger partial charge in [-0.2, -0.15) is 0 Å². The van der Waals surface area contributed by atoms with Crippen LogP contribution in [0.3, 0.4) is 0 Å². The second-order valence-corrected chi connectivity index (χ2v) is 10.8. The Morgan fingerprint density at radius 2 is 2.03 bits per heavy atom. The summed E-state index contributed by atoms with van der Waals surface area (Å²) >= 11 is 3.38. The molecule has 1 amide bonds. The summed E-state index contributed by atoms with van der Waals surface area (Å²) in [6, 6.07) is 0. The van der Waals surface area contributed by atoms with E-state index in [2.05, 4.69) is 21.5 Å². The minimum absolute atomic E-state index is 0.216. The average molecular weight is 428 g/mol. The van der Waals surface area contributed by atoms with Crippen LogP contribution in [0.15, 0.2) is 5.16 Å². The molecule has 1 aliphatic heterocycles. The zero-order chi connectivity index (χ0) is 19.5. The van der Waals surface area contributed by atoms with E-state index in [0.717, 1.165) is 66.1 Å². The maximum absolute atomic E-state index is 12.5. The lowest BCUT2D eigenvalue weighted by atomic mass is 9.89. The Kier molecular flexibility index (Phi) is 4.34. The second-order valence-electron chi connectivity index (χ2n) is 8.79. The number of thiophene rings is 1. The van der Waals surface area contributed by atoms with Crippen molar-refractivity contribution in [3.05, 3.63) is 16.3 Å². The van der Waals surface area contributed by atoms with Crippen LogP contribution in [-0.4, -0.2) is 49.2 Å². The van der Waals surface area contributed by atoms with E-state index >= 15 is 0 Å². The molecule has 4 heterocycles. The highest BCUT2D eigenvalue weighted by atomic mass is 32.2. The number of rotatable bonds is 4. The van der Waals surface area contributed by atoms with Gasteiger partial charge in [-0.1, -0.05) is 18.7 Å². The lowest BCUT2D eigenvalue weighted by Gasteiger charge is -2.17. The first kappa shape index (κ1) is 18.1. The van der Waals surface area contributed by atoms with E-state index in [-0.39, 0.29) is 5.91 Å². The van der Waals surface area contributed by atoms with E-state index in [4.69, 9.17) is 4.98 Å². The standard InChI is InChI=1S/C21H25N5OS2/c1-12-4-7-14-15(10-12)29-20-17(14)19-23-24-21(26(19)18(22-20)13-5-6-13)28-11-16(27)25-8-2-3-9-25/h12-13H,2-11H2,1H3/t12-/m0/s1. The highest BCUT2D eigenvalue weighted by molar-refractivity contribution is 7.99. The Balaban J connectivity index is 1.42. The van der Waals surface area contributed by atoms with E-state index in [9.17, 15) is 4.79 Å². The summed E-state index contributed by atoms with van der Waals surface area (Å²) in [5.41, 5.74) is 2.40. The molecule has 2 aliphatic carbocycles. The van der Waals surface area contributed by atoms with Crippen molar-refractivity contribution < 1.29 is 4.79 Å². The third kappa shape index (κ3) is 3.06. The Hall–Kier alpha value is -1.67. The van der Waals surface area contributed by atoms with Gasteiger partial charge in [0.2, 0.25) is 5.91 Å². The van der Waals surface area contributed by atoms with Gasteiger partial charge in [-0.15, -0.1) is 21.5 Å². The Labute approximate surface area is 178 Å². The van der Waals surface area contributed by atoms with Crippen LogP contribution in [0.25, 0.3) is 15.9 Å². The van der Waals surface area contributed by atoms with Gasteiger partial charge < -0.3 is 4.90 Å². The van der Waals surface area contributed by atoms with Gasteiger partial charge in [0.25, 0.3) is 0 Å². The Bertz CT molecular complexity index is 1110. The molecule has 1 saturated carbocycles. The van der Waals surface area contributed by atoms with Crippen LogP contribution >= 0.6 is 23.1 Å². The number of carbonyl (C=O) groups excluding carboxylic acids is 1. The van der Waals surface area contributed by atoms with Gasteiger partial charge in [0.15, 0.2) is 10.8 Å². The van der Waals surface area contributed by atoms with Crippen LogP contribution in [0, 0.1) is 5.92 Å². The molecule has 3 aromatic rings. The Morgan fingerprint density at radius 1 is 1.21 bits per heavy atom. The number of aromatic nitrogens is 4. The summed E-state index contributed by atoms with van der Waals surface area (Å²) in [6.45, 7) is 4.14. The number of amides is 1. The third-order valence-corrected chi connectivity index (χ3v) is 8.58. The van der Waals surface area contributed by atoms with E-state index < -0.39 is 0 Å². The first-order valence-electron chi connectivity index (χ1n) is 10.8. The van der Waals surface area contributed by atoms with Gasteiger partial charge in [0, 0.05) is 23.9 Å².